The molecule has 18 heavy (non-hydrogen) atoms. The van der Waals surface area contributed by atoms with Gasteiger partial charge in [-0.3, -0.25) is 4.79 Å². The maximum Gasteiger partial charge on any atom is 0.315 e. The third-order valence-corrected chi connectivity index (χ3v) is 3.21. The third kappa shape index (κ3) is 5.35. The van der Waals surface area contributed by atoms with Crippen LogP contribution in [0.1, 0.15) is 32.6 Å². The highest BCUT2D eigenvalue weighted by molar-refractivity contribution is 5.76. The van der Waals surface area contributed by atoms with E-state index in [9.17, 15) is 9.59 Å². The van der Waals surface area contributed by atoms with Crippen molar-refractivity contribution in [2.45, 2.75) is 44.7 Å². The van der Waals surface area contributed by atoms with Crippen LogP contribution in [0.25, 0.3) is 0 Å². The predicted octanol–water partition coefficient (Wildman–Crippen LogP) is 0.633. The first-order valence-electron chi connectivity index (χ1n) is 6.48. The highest BCUT2D eigenvalue weighted by Crippen LogP contribution is 2.07. The number of amides is 2. The molecule has 0 bridgehead atoms. The van der Waals surface area contributed by atoms with Crippen LogP contribution in [0.5, 0.6) is 0 Å². The number of aliphatic carboxylic acids is 1. The Balaban J connectivity index is 2.33. The van der Waals surface area contributed by atoms with Crippen molar-refractivity contribution in [3.63, 3.8) is 0 Å². The molecule has 0 aliphatic carbocycles. The number of hydrogen-bond donors (Lipinski definition) is 3. The van der Waals surface area contributed by atoms with Crippen molar-refractivity contribution >= 4 is 12.0 Å². The summed E-state index contributed by atoms with van der Waals surface area (Å²) >= 11 is 0. The molecule has 3 N–H and O–H groups in total. The molecule has 1 heterocycles. The molecule has 0 aromatic rings. The molecule has 1 rings (SSSR count). The van der Waals surface area contributed by atoms with E-state index in [0.29, 0.717) is 6.42 Å². The summed E-state index contributed by atoms with van der Waals surface area (Å²) in [6, 6.07) is -0.404. The van der Waals surface area contributed by atoms with Crippen LogP contribution < -0.4 is 10.6 Å². The van der Waals surface area contributed by atoms with Crippen molar-refractivity contribution in [3.8, 4) is 0 Å². The van der Waals surface area contributed by atoms with Gasteiger partial charge in [-0.25, -0.2) is 4.79 Å². The fourth-order valence-electron chi connectivity index (χ4n) is 2.20. The molecular weight excluding hydrogens is 234 g/mol. The number of carboxylic acid groups (broad SMARTS) is 1. The van der Waals surface area contributed by atoms with Crippen molar-refractivity contribution in [2.75, 3.05) is 20.1 Å². The van der Waals surface area contributed by atoms with Gasteiger partial charge in [0.05, 0.1) is 6.42 Å². The van der Waals surface area contributed by atoms with Crippen LogP contribution in [0.2, 0.25) is 0 Å². The number of nitrogens with zero attached hydrogens (tertiary/aromatic N) is 1. The van der Waals surface area contributed by atoms with E-state index in [1.54, 1.807) is 0 Å². The van der Waals surface area contributed by atoms with Crippen molar-refractivity contribution < 1.29 is 14.7 Å². The molecule has 0 spiro atoms. The highest BCUT2D eigenvalue weighted by Gasteiger charge is 2.20. The van der Waals surface area contributed by atoms with E-state index >= 15 is 0 Å². The molecule has 2 amide bonds. The summed E-state index contributed by atoms with van der Waals surface area (Å²) in [6.07, 6.45) is 2.64. The van der Waals surface area contributed by atoms with E-state index in [1.807, 2.05) is 14.0 Å². The summed E-state index contributed by atoms with van der Waals surface area (Å²) in [5, 5.41) is 14.3. The van der Waals surface area contributed by atoms with E-state index < -0.39 is 5.97 Å². The number of carboxylic acids is 1. The fraction of sp³-hybridized carbons (Fsp3) is 0.833. The van der Waals surface area contributed by atoms with E-state index in [-0.39, 0.29) is 24.5 Å². The lowest BCUT2D eigenvalue weighted by Gasteiger charge is -2.30. The summed E-state index contributed by atoms with van der Waals surface area (Å²) in [7, 11) is 2.03. The lowest BCUT2D eigenvalue weighted by atomic mass is 10.1. The second-order valence-electron chi connectivity index (χ2n) is 4.92. The number of carbonyl (C=O) groups is 2. The monoisotopic (exact) mass is 257 g/mol. The number of likely N-dealkylation sites (N-methyl/N-ethyl adjacent to an activating group) is 1. The van der Waals surface area contributed by atoms with Crippen molar-refractivity contribution in [2.24, 2.45) is 0 Å². The molecule has 1 aliphatic rings. The Labute approximate surface area is 108 Å². The molecule has 0 aromatic carbocycles. The third-order valence-electron chi connectivity index (χ3n) is 3.21. The maximum atomic E-state index is 11.7. The standard InChI is InChI=1S/C12H23N3O3/c1-3-9(7-11(16)17)13-12(18)14-10-5-4-6-15(2)8-10/h9-10H,3-8H2,1-2H3,(H,16,17)(H2,13,14,18). The Bertz CT molecular complexity index is 296. The van der Waals surface area contributed by atoms with Gasteiger partial charge in [0, 0.05) is 18.6 Å². The van der Waals surface area contributed by atoms with E-state index in [1.165, 1.54) is 0 Å². The van der Waals surface area contributed by atoms with Gasteiger partial charge >= 0.3 is 12.0 Å². The Kier molecular flexibility index (Phi) is 5.91. The minimum Gasteiger partial charge on any atom is -0.481 e. The van der Waals surface area contributed by atoms with Gasteiger partial charge in [-0.2, -0.15) is 0 Å². The van der Waals surface area contributed by atoms with Crippen LogP contribution in [0.3, 0.4) is 0 Å². The van der Waals surface area contributed by atoms with Gasteiger partial charge in [0.15, 0.2) is 0 Å². The summed E-state index contributed by atoms with van der Waals surface area (Å²) < 4.78 is 0. The second kappa shape index (κ2) is 7.20. The number of piperidine rings is 1. The molecule has 0 saturated carbocycles. The van der Waals surface area contributed by atoms with Gasteiger partial charge < -0.3 is 20.6 Å². The smallest absolute Gasteiger partial charge is 0.315 e. The minimum absolute atomic E-state index is 0.0332. The zero-order chi connectivity index (χ0) is 13.5. The average Bonchev–Trinajstić information content (AvgIpc) is 2.27. The summed E-state index contributed by atoms with van der Waals surface area (Å²) in [4.78, 5) is 24.5. The Morgan fingerprint density at radius 3 is 2.78 bits per heavy atom. The molecule has 104 valence electrons. The van der Waals surface area contributed by atoms with Crippen molar-refractivity contribution in [3.05, 3.63) is 0 Å². The van der Waals surface area contributed by atoms with Gasteiger partial charge in [-0.1, -0.05) is 6.92 Å². The van der Waals surface area contributed by atoms with Crippen LogP contribution in [-0.4, -0.2) is 54.2 Å². The van der Waals surface area contributed by atoms with Crippen LogP contribution in [0.15, 0.2) is 0 Å². The van der Waals surface area contributed by atoms with Gasteiger partial charge in [0.25, 0.3) is 0 Å². The molecule has 0 radical (unpaired) electrons. The zero-order valence-corrected chi connectivity index (χ0v) is 11.1. The zero-order valence-electron chi connectivity index (χ0n) is 11.1. The number of likely N-dealkylation sites (tertiary alicyclic amines) is 1. The van der Waals surface area contributed by atoms with E-state index in [0.717, 1.165) is 25.9 Å². The quantitative estimate of drug-likeness (QED) is 0.675. The lowest BCUT2D eigenvalue weighted by molar-refractivity contribution is -0.137. The van der Waals surface area contributed by atoms with Crippen LogP contribution >= 0.6 is 0 Å². The number of hydrogen-bond acceptors (Lipinski definition) is 3. The SMILES string of the molecule is CCC(CC(=O)O)NC(=O)NC1CCCN(C)C1. The molecule has 1 saturated heterocycles. The lowest BCUT2D eigenvalue weighted by Crippen LogP contribution is -2.51. The van der Waals surface area contributed by atoms with Gasteiger partial charge in [0.1, 0.15) is 0 Å². The van der Waals surface area contributed by atoms with E-state index in [2.05, 4.69) is 15.5 Å². The molecule has 2 unspecified atom stereocenters. The van der Waals surface area contributed by atoms with Gasteiger partial charge in [-0.15, -0.1) is 0 Å². The Morgan fingerprint density at radius 2 is 2.22 bits per heavy atom. The number of carbonyl (C=O) groups excluding carboxylic acids is 1. The molecule has 1 aliphatic heterocycles. The van der Waals surface area contributed by atoms with Gasteiger partial charge in [0.2, 0.25) is 0 Å². The molecule has 1 fully saturated rings. The number of nitrogens with one attached hydrogen (secondary N) is 2. The summed E-state index contributed by atoms with van der Waals surface area (Å²) in [5.41, 5.74) is 0. The molecular formula is C12H23N3O3. The fourth-order valence-corrected chi connectivity index (χ4v) is 2.20. The maximum absolute atomic E-state index is 11.7. The first-order valence-corrected chi connectivity index (χ1v) is 6.48. The highest BCUT2D eigenvalue weighted by atomic mass is 16.4. The molecule has 6 heteroatoms. The second-order valence-corrected chi connectivity index (χ2v) is 4.92. The van der Waals surface area contributed by atoms with Crippen molar-refractivity contribution in [1.29, 1.82) is 0 Å². The van der Waals surface area contributed by atoms with Crippen LogP contribution in [0.4, 0.5) is 4.79 Å². The minimum atomic E-state index is -0.889. The van der Waals surface area contributed by atoms with Crippen molar-refractivity contribution in [1.82, 2.24) is 15.5 Å². The number of urea groups is 1. The topological polar surface area (TPSA) is 81.7 Å². The first-order chi connectivity index (χ1) is 8.51. The largest absolute Gasteiger partial charge is 0.481 e. The van der Waals surface area contributed by atoms with Gasteiger partial charge in [-0.05, 0) is 32.9 Å². The normalized spacial score (nSPS) is 22.2. The molecule has 0 aromatic heterocycles. The average molecular weight is 257 g/mol. The molecule has 6 nitrogen and oxygen atoms in total. The predicted molar refractivity (Wildman–Crippen MR) is 68.5 cm³/mol. The number of rotatable bonds is 5. The molecule has 2 atom stereocenters. The first kappa shape index (κ1) is 14.8. The summed E-state index contributed by atoms with van der Waals surface area (Å²) in [6.45, 7) is 3.78. The Morgan fingerprint density at radius 1 is 1.50 bits per heavy atom. The Hall–Kier alpha value is -1.30. The van der Waals surface area contributed by atoms with Crippen LogP contribution in [-0.2, 0) is 4.79 Å². The van der Waals surface area contributed by atoms with E-state index in [4.69, 9.17) is 5.11 Å². The summed E-state index contributed by atoms with van der Waals surface area (Å²) in [5.74, 6) is -0.889. The van der Waals surface area contributed by atoms with Crippen LogP contribution in [0, 0.1) is 0 Å².